The highest BCUT2D eigenvalue weighted by Gasteiger charge is 2.10. The van der Waals surface area contributed by atoms with Crippen LogP contribution in [0.2, 0.25) is 0 Å². The normalized spacial score (nSPS) is 10.4. The van der Waals surface area contributed by atoms with Crippen molar-refractivity contribution in [2.45, 2.75) is 6.92 Å². The maximum atomic E-state index is 13.2. The van der Waals surface area contributed by atoms with Crippen molar-refractivity contribution in [2.75, 3.05) is 6.61 Å². The molecule has 4 heteroatoms. The van der Waals surface area contributed by atoms with E-state index >= 15 is 0 Å². The van der Waals surface area contributed by atoms with Gasteiger partial charge in [-0.05, 0) is 36.8 Å². The van der Waals surface area contributed by atoms with Crippen LogP contribution in [0.5, 0.6) is 5.75 Å². The Morgan fingerprint density at radius 1 is 0.944 bits per heavy atom. The molecule has 2 rings (SSSR count). The Kier molecular flexibility index (Phi) is 3.55. The maximum absolute atomic E-state index is 13.2. The Hall–Kier alpha value is -1.97. The quantitative estimate of drug-likeness (QED) is 0.796. The molecule has 0 aliphatic rings. The number of rotatable bonds is 3. The van der Waals surface area contributed by atoms with Gasteiger partial charge < -0.3 is 4.74 Å². The number of hydrogen-bond donors (Lipinski definition) is 0. The van der Waals surface area contributed by atoms with Crippen molar-refractivity contribution < 1.29 is 17.9 Å². The molecule has 0 radical (unpaired) electrons. The van der Waals surface area contributed by atoms with Gasteiger partial charge in [-0.2, -0.15) is 0 Å². The Balaban J connectivity index is 2.51. The molecule has 0 aliphatic carbocycles. The van der Waals surface area contributed by atoms with Crippen LogP contribution in [0.4, 0.5) is 13.2 Å². The molecule has 1 nitrogen and oxygen atoms in total. The van der Waals surface area contributed by atoms with Crippen molar-refractivity contribution in [3.05, 3.63) is 53.8 Å². The number of hydrogen-bond acceptors (Lipinski definition) is 1. The molecule has 2 aromatic carbocycles. The van der Waals surface area contributed by atoms with Crippen LogP contribution in [-0.4, -0.2) is 6.61 Å². The van der Waals surface area contributed by atoms with Gasteiger partial charge in [0.1, 0.15) is 11.6 Å². The molecular weight excluding hydrogens is 241 g/mol. The molecule has 0 saturated carbocycles. The average Bonchev–Trinajstić information content (AvgIpc) is 2.34. The SMILES string of the molecule is CCOc1cc(F)ccc1-c1ccc(F)c(F)c1. The van der Waals surface area contributed by atoms with Crippen LogP contribution in [0.25, 0.3) is 11.1 Å². The molecule has 2 aromatic rings. The summed E-state index contributed by atoms with van der Waals surface area (Å²) in [5, 5.41) is 0. The van der Waals surface area contributed by atoms with Crippen molar-refractivity contribution in [1.82, 2.24) is 0 Å². The van der Waals surface area contributed by atoms with E-state index in [1.807, 2.05) is 0 Å². The molecule has 0 saturated heterocycles. The van der Waals surface area contributed by atoms with Crippen molar-refractivity contribution in [2.24, 2.45) is 0 Å². The smallest absolute Gasteiger partial charge is 0.159 e. The van der Waals surface area contributed by atoms with Crippen LogP contribution in [0, 0.1) is 17.5 Å². The summed E-state index contributed by atoms with van der Waals surface area (Å²) in [5.74, 6) is -1.99. The van der Waals surface area contributed by atoms with Crippen LogP contribution in [0.3, 0.4) is 0 Å². The summed E-state index contributed by atoms with van der Waals surface area (Å²) < 4.78 is 44.4. The third-order valence-corrected chi connectivity index (χ3v) is 2.47. The lowest BCUT2D eigenvalue weighted by molar-refractivity contribution is 0.339. The van der Waals surface area contributed by atoms with Crippen molar-refractivity contribution in [3.63, 3.8) is 0 Å². The van der Waals surface area contributed by atoms with Gasteiger partial charge in [-0.25, -0.2) is 13.2 Å². The monoisotopic (exact) mass is 252 g/mol. The summed E-state index contributed by atoms with van der Waals surface area (Å²) in [6, 6.07) is 7.47. The van der Waals surface area contributed by atoms with Gasteiger partial charge in [-0.1, -0.05) is 6.07 Å². The van der Waals surface area contributed by atoms with Gasteiger partial charge in [0, 0.05) is 11.6 Å². The average molecular weight is 252 g/mol. The number of halogens is 3. The molecule has 0 fully saturated rings. The fourth-order valence-corrected chi connectivity index (χ4v) is 1.67. The third kappa shape index (κ3) is 2.47. The molecule has 0 aromatic heterocycles. The van der Waals surface area contributed by atoms with E-state index in [0.29, 0.717) is 23.5 Å². The molecule has 0 N–H and O–H groups in total. The van der Waals surface area contributed by atoms with Crippen molar-refractivity contribution >= 4 is 0 Å². The summed E-state index contributed by atoms with van der Waals surface area (Å²) in [7, 11) is 0. The highest BCUT2D eigenvalue weighted by atomic mass is 19.2. The molecule has 94 valence electrons. The highest BCUT2D eigenvalue weighted by Crippen LogP contribution is 2.31. The van der Waals surface area contributed by atoms with E-state index < -0.39 is 17.5 Å². The predicted octanol–water partition coefficient (Wildman–Crippen LogP) is 4.17. The maximum Gasteiger partial charge on any atom is 0.159 e. The van der Waals surface area contributed by atoms with E-state index in [1.165, 1.54) is 24.3 Å². The molecule has 0 heterocycles. The van der Waals surface area contributed by atoms with Crippen LogP contribution in [0.1, 0.15) is 6.92 Å². The summed E-state index contributed by atoms with van der Waals surface area (Å²) >= 11 is 0. The van der Waals surface area contributed by atoms with Gasteiger partial charge in [0.25, 0.3) is 0 Å². The zero-order chi connectivity index (χ0) is 13.1. The lowest BCUT2D eigenvalue weighted by Gasteiger charge is -2.10. The van der Waals surface area contributed by atoms with E-state index in [9.17, 15) is 13.2 Å². The van der Waals surface area contributed by atoms with Crippen molar-refractivity contribution in [3.8, 4) is 16.9 Å². The lowest BCUT2D eigenvalue weighted by atomic mass is 10.0. The molecule has 0 amide bonds. The predicted molar refractivity (Wildman–Crippen MR) is 62.9 cm³/mol. The van der Waals surface area contributed by atoms with Crippen LogP contribution >= 0.6 is 0 Å². The van der Waals surface area contributed by atoms with Gasteiger partial charge in [0.2, 0.25) is 0 Å². The first-order chi connectivity index (χ1) is 8.61. The van der Waals surface area contributed by atoms with E-state index in [1.54, 1.807) is 6.92 Å². The fraction of sp³-hybridized carbons (Fsp3) is 0.143. The van der Waals surface area contributed by atoms with E-state index in [0.717, 1.165) is 12.1 Å². The molecule has 0 unspecified atom stereocenters. The fourth-order valence-electron chi connectivity index (χ4n) is 1.67. The first kappa shape index (κ1) is 12.5. The second-order valence-electron chi connectivity index (χ2n) is 3.70. The molecule has 18 heavy (non-hydrogen) atoms. The Bertz CT molecular complexity index is 567. The van der Waals surface area contributed by atoms with E-state index in [4.69, 9.17) is 4.74 Å². The van der Waals surface area contributed by atoms with Gasteiger partial charge in [-0.3, -0.25) is 0 Å². The van der Waals surface area contributed by atoms with E-state index in [2.05, 4.69) is 0 Å². The first-order valence-corrected chi connectivity index (χ1v) is 5.49. The lowest BCUT2D eigenvalue weighted by Crippen LogP contribution is -1.95. The second-order valence-corrected chi connectivity index (χ2v) is 3.70. The molecule has 0 aliphatic heterocycles. The topological polar surface area (TPSA) is 9.23 Å². The largest absolute Gasteiger partial charge is 0.493 e. The molecule has 0 spiro atoms. The van der Waals surface area contributed by atoms with Gasteiger partial charge in [0.15, 0.2) is 11.6 Å². The molecule has 0 atom stereocenters. The van der Waals surface area contributed by atoms with Crippen LogP contribution < -0.4 is 4.74 Å². The van der Waals surface area contributed by atoms with Gasteiger partial charge in [0.05, 0.1) is 6.61 Å². The summed E-state index contributed by atoms with van der Waals surface area (Å²) in [6.07, 6.45) is 0. The number of ether oxygens (including phenoxy) is 1. The van der Waals surface area contributed by atoms with E-state index in [-0.39, 0.29) is 0 Å². The number of benzene rings is 2. The van der Waals surface area contributed by atoms with Gasteiger partial charge >= 0.3 is 0 Å². The Morgan fingerprint density at radius 3 is 2.39 bits per heavy atom. The minimum Gasteiger partial charge on any atom is -0.493 e. The summed E-state index contributed by atoms with van der Waals surface area (Å²) in [5.41, 5.74) is 0.967. The molecule has 0 bridgehead atoms. The minimum atomic E-state index is -0.945. The van der Waals surface area contributed by atoms with Crippen LogP contribution in [0.15, 0.2) is 36.4 Å². The van der Waals surface area contributed by atoms with Crippen LogP contribution in [-0.2, 0) is 0 Å². The highest BCUT2D eigenvalue weighted by molar-refractivity contribution is 5.70. The zero-order valence-corrected chi connectivity index (χ0v) is 9.71. The standard InChI is InChI=1S/C14H11F3O/c1-2-18-14-8-10(15)4-5-11(14)9-3-6-12(16)13(17)7-9/h3-8H,2H2,1H3. The Labute approximate surface area is 103 Å². The van der Waals surface area contributed by atoms with Crippen molar-refractivity contribution in [1.29, 1.82) is 0 Å². The second kappa shape index (κ2) is 5.12. The summed E-state index contributed by atoms with van der Waals surface area (Å²) in [6.45, 7) is 2.13. The minimum absolute atomic E-state index is 0.309. The van der Waals surface area contributed by atoms with Gasteiger partial charge in [-0.15, -0.1) is 0 Å². The third-order valence-electron chi connectivity index (χ3n) is 2.47. The summed E-state index contributed by atoms with van der Waals surface area (Å²) in [4.78, 5) is 0. The molecular formula is C14H11F3O. The zero-order valence-electron chi connectivity index (χ0n) is 9.71. The Morgan fingerprint density at radius 2 is 1.72 bits per heavy atom. The first-order valence-electron chi connectivity index (χ1n) is 5.49.